The van der Waals surface area contributed by atoms with Crippen LogP contribution in [0, 0.1) is 0 Å². The predicted molar refractivity (Wildman–Crippen MR) is 73.7 cm³/mol. The molecule has 0 fully saturated rings. The van der Waals surface area contributed by atoms with Crippen LogP contribution in [-0.2, 0) is 11.3 Å². The van der Waals surface area contributed by atoms with E-state index in [0.29, 0.717) is 13.2 Å². The maximum atomic E-state index is 5.11. The first-order valence-electron chi connectivity index (χ1n) is 6.06. The minimum atomic E-state index is -0.0822. The van der Waals surface area contributed by atoms with Crippen LogP contribution in [0.25, 0.3) is 0 Å². The van der Waals surface area contributed by atoms with Crippen LogP contribution >= 0.6 is 15.9 Å². The molecule has 0 bridgehead atoms. The molecule has 2 aromatic heterocycles. The molecule has 2 rings (SSSR count). The molecule has 7 nitrogen and oxygen atoms in total. The number of nitrogens with zero attached hydrogens (tertiary/aromatic N) is 4. The summed E-state index contributed by atoms with van der Waals surface area (Å²) in [5.41, 5.74) is 1.01. The third kappa shape index (κ3) is 3.20. The van der Waals surface area contributed by atoms with Crippen molar-refractivity contribution in [3.8, 4) is 0 Å². The van der Waals surface area contributed by atoms with E-state index in [9.17, 15) is 0 Å². The number of aromatic amines is 1. The maximum Gasteiger partial charge on any atom is 0.147 e. The number of hydrogen-bond acceptors (Lipinski definition) is 5. The lowest BCUT2D eigenvalue weighted by atomic mass is 10.2. The topological polar surface area (TPSA) is 80.7 Å². The van der Waals surface area contributed by atoms with Gasteiger partial charge in [-0.25, -0.2) is 4.98 Å². The van der Waals surface area contributed by atoms with E-state index in [0.717, 1.165) is 22.5 Å². The molecular weight excluding hydrogens is 312 g/mol. The molecule has 1 atom stereocenters. The molecule has 0 aromatic carbocycles. The zero-order chi connectivity index (χ0) is 13.7. The SMILES string of the molecule is CCNC(c1ncn[nH]1)c1c(Br)cnn1CCOC. The molecule has 2 aromatic rings. The van der Waals surface area contributed by atoms with Crippen LogP contribution in [0.2, 0.25) is 0 Å². The van der Waals surface area contributed by atoms with Crippen molar-refractivity contribution < 1.29 is 4.74 Å². The Morgan fingerprint density at radius 1 is 1.58 bits per heavy atom. The van der Waals surface area contributed by atoms with Crippen LogP contribution in [0.5, 0.6) is 0 Å². The summed E-state index contributed by atoms with van der Waals surface area (Å²) in [7, 11) is 1.68. The molecule has 0 aliphatic carbocycles. The molecular formula is C11H17BrN6O. The van der Waals surface area contributed by atoms with E-state index >= 15 is 0 Å². The Balaban J connectivity index is 2.33. The van der Waals surface area contributed by atoms with Crippen LogP contribution in [0.15, 0.2) is 17.0 Å². The van der Waals surface area contributed by atoms with E-state index in [2.05, 4.69) is 41.5 Å². The molecule has 2 heterocycles. The van der Waals surface area contributed by atoms with Crippen molar-refractivity contribution in [3.63, 3.8) is 0 Å². The molecule has 0 aliphatic rings. The smallest absolute Gasteiger partial charge is 0.147 e. The molecule has 0 saturated heterocycles. The van der Waals surface area contributed by atoms with Crippen molar-refractivity contribution in [1.29, 1.82) is 0 Å². The van der Waals surface area contributed by atoms with E-state index in [1.54, 1.807) is 13.3 Å². The Morgan fingerprint density at radius 2 is 2.42 bits per heavy atom. The van der Waals surface area contributed by atoms with Crippen molar-refractivity contribution in [2.75, 3.05) is 20.3 Å². The summed E-state index contributed by atoms with van der Waals surface area (Å²) in [6.45, 7) is 4.16. The lowest BCUT2D eigenvalue weighted by molar-refractivity contribution is 0.182. The van der Waals surface area contributed by atoms with E-state index in [1.807, 2.05) is 11.6 Å². The van der Waals surface area contributed by atoms with Crippen LogP contribution in [0.1, 0.15) is 24.5 Å². The third-order valence-corrected chi connectivity index (χ3v) is 3.34. The maximum absolute atomic E-state index is 5.11. The zero-order valence-electron chi connectivity index (χ0n) is 10.9. The fraction of sp³-hybridized carbons (Fsp3) is 0.545. The van der Waals surface area contributed by atoms with Gasteiger partial charge in [0.2, 0.25) is 0 Å². The van der Waals surface area contributed by atoms with Crippen LogP contribution in [0.4, 0.5) is 0 Å². The summed E-state index contributed by atoms with van der Waals surface area (Å²) in [6.07, 6.45) is 3.29. The molecule has 0 spiro atoms. The first-order valence-corrected chi connectivity index (χ1v) is 6.86. The van der Waals surface area contributed by atoms with Gasteiger partial charge < -0.3 is 10.1 Å². The summed E-state index contributed by atoms with van der Waals surface area (Å²) >= 11 is 3.54. The highest BCUT2D eigenvalue weighted by molar-refractivity contribution is 9.10. The predicted octanol–water partition coefficient (Wildman–Crippen LogP) is 1.11. The third-order valence-electron chi connectivity index (χ3n) is 2.73. The fourth-order valence-corrected chi connectivity index (χ4v) is 2.42. The van der Waals surface area contributed by atoms with Gasteiger partial charge in [0.05, 0.1) is 29.5 Å². The number of halogens is 1. The number of ether oxygens (including phenoxy) is 1. The Bertz CT molecular complexity index is 497. The number of aromatic nitrogens is 5. The van der Waals surface area contributed by atoms with Gasteiger partial charge in [0, 0.05) is 7.11 Å². The molecule has 0 amide bonds. The van der Waals surface area contributed by atoms with Gasteiger partial charge in [0.1, 0.15) is 18.2 Å². The zero-order valence-corrected chi connectivity index (χ0v) is 12.5. The Hall–Kier alpha value is -1.25. The van der Waals surface area contributed by atoms with E-state index in [1.165, 1.54) is 6.33 Å². The van der Waals surface area contributed by atoms with Gasteiger partial charge in [-0.2, -0.15) is 10.2 Å². The molecule has 0 aliphatic heterocycles. The lowest BCUT2D eigenvalue weighted by Crippen LogP contribution is -2.27. The standard InChI is InChI=1S/C11H17BrN6O/c1-3-13-9(11-14-7-15-17-11)10-8(12)6-16-18(10)4-5-19-2/h6-7,9,13H,3-5H2,1-2H3,(H,14,15,17). The van der Waals surface area contributed by atoms with Gasteiger partial charge in [0.25, 0.3) is 0 Å². The highest BCUT2D eigenvalue weighted by atomic mass is 79.9. The van der Waals surface area contributed by atoms with Gasteiger partial charge in [-0.15, -0.1) is 0 Å². The van der Waals surface area contributed by atoms with Crippen molar-refractivity contribution in [1.82, 2.24) is 30.3 Å². The van der Waals surface area contributed by atoms with E-state index < -0.39 is 0 Å². The van der Waals surface area contributed by atoms with Crippen molar-refractivity contribution in [3.05, 3.63) is 28.5 Å². The summed E-state index contributed by atoms with van der Waals surface area (Å²) in [5, 5.41) is 14.5. The quantitative estimate of drug-likeness (QED) is 0.795. The van der Waals surface area contributed by atoms with Crippen molar-refractivity contribution in [2.45, 2.75) is 19.5 Å². The number of rotatable bonds is 7. The van der Waals surface area contributed by atoms with Crippen LogP contribution in [-0.4, -0.2) is 45.2 Å². The number of methoxy groups -OCH3 is 1. The highest BCUT2D eigenvalue weighted by Gasteiger charge is 2.23. The normalized spacial score (nSPS) is 12.8. The molecule has 0 radical (unpaired) electrons. The Kier molecular flexibility index (Phi) is 5.06. The van der Waals surface area contributed by atoms with Crippen molar-refractivity contribution in [2.24, 2.45) is 0 Å². The Morgan fingerprint density at radius 3 is 3.05 bits per heavy atom. The van der Waals surface area contributed by atoms with Crippen LogP contribution < -0.4 is 5.32 Å². The minimum absolute atomic E-state index is 0.0822. The summed E-state index contributed by atoms with van der Waals surface area (Å²) in [4.78, 5) is 4.23. The van der Waals surface area contributed by atoms with Gasteiger partial charge >= 0.3 is 0 Å². The fourth-order valence-electron chi connectivity index (χ4n) is 1.90. The largest absolute Gasteiger partial charge is 0.383 e. The van der Waals surface area contributed by atoms with Crippen LogP contribution in [0.3, 0.4) is 0 Å². The molecule has 1 unspecified atom stereocenters. The molecule has 8 heteroatoms. The molecule has 104 valence electrons. The number of nitrogens with one attached hydrogen (secondary N) is 2. The Labute approximate surface area is 119 Å². The second-order valence-corrected chi connectivity index (χ2v) is 4.81. The minimum Gasteiger partial charge on any atom is -0.383 e. The summed E-state index contributed by atoms with van der Waals surface area (Å²) < 4.78 is 7.95. The number of H-pyrrole nitrogens is 1. The summed E-state index contributed by atoms with van der Waals surface area (Å²) in [6, 6.07) is -0.0822. The summed E-state index contributed by atoms with van der Waals surface area (Å²) in [5.74, 6) is 0.765. The van der Waals surface area contributed by atoms with E-state index in [-0.39, 0.29) is 6.04 Å². The van der Waals surface area contributed by atoms with Gasteiger partial charge in [-0.05, 0) is 22.5 Å². The van der Waals surface area contributed by atoms with Gasteiger partial charge in [-0.1, -0.05) is 6.92 Å². The first kappa shape index (κ1) is 14.2. The lowest BCUT2D eigenvalue weighted by Gasteiger charge is -2.17. The highest BCUT2D eigenvalue weighted by Crippen LogP contribution is 2.26. The second kappa shape index (κ2) is 6.78. The average Bonchev–Trinajstić information content (AvgIpc) is 3.04. The average molecular weight is 329 g/mol. The van der Waals surface area contributed by atoms with Crippen molar-refractivity contribution >= 4 is 15.9 Å². The molecule has 2 N–H and O–H groups in total. The van der Waals surface area contributed by atoms with E-state index in [4.69, 9.17) is 4.74 Å². The first-order chi connectivity index (χ1) is 9.27. The second-order valence-electron chi connectivity index (χ2n) is 3.96. The van der Waals surface area contributed by atoms with Gasteiger partial charge in [-0.3, -0.25) is 9.78 Å². The molecule has 19 heavy (non-hydrogen) atoms. The number of hydrogen-bond donors (Lipinski definition) is 2. The van der Waals surface area contributed by atoms with Gasteiger partial charge in [0.15, 0.2) is 0 Å². The molecule has 0 saturated carbocycles. The monoisotopic (exact) mass is 328 g/mol.